The van der Waals surface area contributed by atoms with E-state index < -0.39 is 0 Å². The van der Waals surface area contributed by atoms with Gasteiger partial charge in [0.1, 0.15) is 10.8 Å². The standard InChI is InChI=1S/C17H16FN3O2S2/c1-23-9-8-21(15(22)11-14-3-2-10-24-14)17-20-19-16(25-17)12-4-6-13(18)7-5-12/h2-7,10H,8-9,11H2,1H3. The number of carbonyl (C=O) groups excluding carboxylic acids is 1. The Kier molecular flexibility index (Phi) is 5.85. The maximum absolute atomic E-state index is 13.1. The van der Waals surface area contributed by atoms with E-state index in [-0.39, 0.29) is 11.7 Å². The van der Waals surface area contributed by atoms with Crippen LogP contribution in [0, 0.1) is 5.82 Å². The fraction of sp³-hybridized carbons (Fsp3) is 0.235. The Morgan fingerprint density at radius 1 is 1.24 bits per heavy atom. The molecule has 8 heteroatoms. The van der Waals surface area contributed by atoms with E-state index in [9.17, 15) is 9.18 Å². The molecule has 5 nitrogen and oxygen atoms in total. The summed E-state index contributed by atoms with van der Waals surface area (Å²) in [6.07, 6.45) is 0.312. The molecule has 0 atom stereocenters. The van der Waals surface area contributed by atoms with Gasteiger partial charge < -0.3 is 4.74 Å². The third-order valence-electron chi connectivity index (χ3n) is 3.46. The molecule has 0 N–H and O–H groups in total. The molecule has 3 aromatic rings. The lowest BCUT2D eigenvalue weighted by Gasteiger charge is -2.18. The largest absolute Gasteiger partial charge is 0.383 e. The molecule has 130 valence electrons. The number of hydrogen-bond donors (Lipinski definition) is 0. The zero-order chi connectivity index (χ0) is 17.6. The van der Waals surface area contributed by atoms with Crippen molar-refractivity contribution < 1.29 is 13.9 Å². The average Bonchev–Trinajstić information content (AvgIpc) is 3.28. The molecule has 25 heavy (non-hydrogen) atoms. The van der Waals surface area contributed by atoms with Crippen LogP contribution in [0.3, 0.4) is 0 Å². The van der Waals surface area contributed by atoms with Gasteiger partial charge in [-0.1, -0.05) is 17.4 Å². The molecule has 1 amide bonds. The van der Waals surface area contributed by atoms with E-state index in [1.165, 1.54) is 23.5 Å². The first-order valence-electron chi connectivity index (χ1n) is 7.58. The van der Waals surface area contributed by atoms with Gasteiger partial charge in [0.05, 0.1) is 19.6 Å². The van der Waals surface area contributed by atoms with Crippen molar-refractivity contribution >= 4 is 33.7 Å². The lowest BCUT2D eigenvalue weighted by atomic mass is 10.2. The second-order valence-corrected chi connectivity index (χ2v) is 7.18. The van der Waals surface area contributed by atoms with E-state index in [1.54, 1.807) is 35.5 Å². The molecule has 0 saturated carbocycles. The highest BCUT2D eigenvalue weighted by molar-refractivity contribution is 7.18. The van der Waals surface area contributed by atoms with Crippen molar-refractivity contribution in [2.75, 3.05) is 25.2 Å². The van der Waals surface area contributed by atoms with Gasteiger partial charge in [0.25, 0.3) is 0 Å². The number of carbonyl (C=O) groups is 1. The first-order chi connectivity index (χ1) is 12.2. The second kappa shape index (κ2) is 8.28. The van der Waals surface area contributed by atoms with Crippen LogP contribution in [0.2, 0.25) is 0 Å². The third-order valence-corrected chi connectivity index (χ3v) is 5.33. The Morgan fingerprint density at radius 3 is 2.72 bits per heavy atom. The molecule has 2 aromatic heterocycles. The molecule has 0 aliphatic rings. The molecule has 0 saturated heterocycles. The summed E-state index contributed by atoms with van der Waals surface area (Å²) in [7, 11) is 1.59. The molecule has 3 rings (SSSR count). The molecule has 2 heterocycles. The van der Waals surface area contributed by atoms with E-state index in [0.717, 1.165) is 10.4 Å². The summed E-state index contributed by atoms with van der Waals surface area (Å²) in [4.78, 5) is 15.3. The maximum atomic E-state index is 13.1. The predicted molar refractivity (Wildman–Crippen MR) is 97.6 cm³/mol. The molecule has 0 radical (unpaired) electrons. The van der Waals surface area contributed by atoms with Crippen molar-refractivity contribution in [1.82, 2.24) is 10.2 Å². The van der Waals surface area contributed by atoms with E-state index >= 15 is 0 Å². The number of rotatable bonds is 7. The quantitative estimate of drug-likeness (QED) is 0.631. The molecule has 0 aliphatic carbocycles. The number of amides is 1. The summed E-state index contributed by atoms with van der Waals surface area (Å²) in [5.41, 5.74) is 0.766. The van der Waals surface area contributed by atoms with E-state index in [4.69, 9.17) is 4.74 Å². The minimum atomic E-state index is -0.304. The number of nitrogens with zero attached hydrogens (tertiary/aromatic N) is 3. The van der Waals surface area contributed by atoms with Gasteiger partial charge in [-0.05, 0) is 35.7 Å². The highest BCUT2D eigenvalue weighted by Gasteiger charge is 2.21. The number of hydrogen-bond acceptors (Lipinski definition) is 6. The highest BCUT2D eigenvalue weighted by atomic mass is 32.1. The van der Waals surface area contributed by atoms with Gasteiger partial charge in [-0.3, -0.25) is 9.69 Å². The van der Waals surface area contributed by atoms with Gasteiger partial charge >= 0.3 is 0 Å². The second-order valence-electron chi connectivity index (χ2n) is 5.19. The zero-order valence-electron chi connectivity index (χ0n) is 13.5. The number of aromatic nitrogens is 2. The Labute approximate surface area is 152 Å². The van der Waals surface area contributed by atoms with Crippen LogP contribution in [-0.4, -0.2) is 36.4 Å². The van der Waals surface area contributed by atoms with Gasteiger partial charge in [-0.2, -0.15) is 0 Å². The monoisotopic (exact) mass is 377 g/mol. The van der Waals surface area contributed by atoms with E-state index in [1.807, 2.05) is 17.5 Å². The molecular formula is C17H16FN3O2S2. The summed E-state index contributed by atoms with van der Waals surface area (Å²) in [5.74, 6) is -0.359. The Morgan fingerprint density at radius 2 is 2.04 bits per heavy atom. The lowest BCUT2D eigenvalue weighted by molar-refractivity contribution is -0.118. The van der Waals surface area contributed by atoms with Crippen LogP contribution in [0.25, 0.3) is 10.6 Å². The van der Waals surface area contributed by atoms with E-state index in [2.05, 4.69) is 10.2 Å². The van der Waals surface area contributed by atoms with Crippen molar-refractivity contribution in [3.63, 3.8) is 0 Å². The topological polar surface area (TPSA) is 55.3 Å². The number of halogens is 1. The Balaban J connectivity index is 1.81. The van der Waals surface area contributed by atoms with Crippen molar-refractivity contribution in [3.05, 3.63) is 52.5 Å². The molecular weight excluding hydrogens is 361 g/mol. The Hall–Kier alpha value is -2.16. The molecule has 0 fully saturated rings. The summed E-state index contributed by atoms with van der Waals surface area (Å²) < 4.78 is 18.2. The highest BCUT2D eigenvalue weighted by Crippen LogP contribution is 2.29. The summed E-state index contributed by atoms with van der Waals surface area (Å²) >= 11 is 2.84. The Bertz CT molecular complexity index is 819. The molecule has 1 aromatic carbocycles. The average molecular weight is 377 g/mol. The van der Waals surface area contributed by atoms with Crippen molar-refractivity contribution in [3.8, 4) is 10.6 Å². The molecule has 0 aliphatic heterocycles. The minimum Gasteiger partial charge on any atom is -0.383 e. The van der Waals surface area contributed by atoms with Gasteiger partial charge in [0, 0.05) is 17.6 Å². The van der Waals surface area contributed by atoms with Crippen LogP contribution in [0.4, 0.5) is 9.52 Å². The van der Waals surface area contributed by atoms with Crippen LogP contribution < -0.4 is 4.90 Å². The van der Waals surface area contributed by atoms with Gasteiger partial charge in [-0.25, -0.2) is 4.39 Å². The summed E-state index contributed by atoms with van der Waals surface area (Å²) in [6, 6.07) is 9.90. The zero-order valence-corrected chi connectivity index (χ0v) is 15.1. The number of anilines is 1. The first kappa shape index (κ1) is 17.7. The number of methoxy groups -OCH3 is 1. The summed E-state index contributed by atoms with van der Waals surface area (Å²) in [5, 5.41) is 11.4. The van der Waals surface area contributed by atoms with Crippen LogP contribution >= 0.6 is 22.7 Å². The number of ether oxygens (including phenoxy) is 1. The van der Waals surface area contributed by atoms with E-state index in [0.29, 0.717) is 29.7 Å². The fourth-order valence-electron chi connectivity index (χ4n) is 2.20. The van der Waals surface area contributed by atoms with Crippen molar-refractivity contribution in [2.45, 2.75) is 6.42 Å². The van der Waals surface area contributed by atoms with Crippen LogP contribution in [-0.2, 0) is 16.0 Å². The molecule has 0 unspecified atom stereocenters. The van der Waals surface area contributed by atoms with Crippen molar-refractivity contribution in [1.29, 1.82) is 0 Å². The van der Waals surface area contributed by atoms with Gasteiger partial charge in [0.2, 0.25) is 11.0 Å². The third kappa shape index (κ3) is 4.47. The molecule has 0 spiro atoms. The SMILES string of the molecule is COCCN(C(=O)Cc1cccs1)c1nnc(-c2ccc(F)cc2)s1. The number of thiophene rings is 1. The molecule has 0 bridgehead atoms. The first-order valence-corrected chi connectivity index (χ1v) is 9.28. The van der Waals surface area contributed by atoms with Crippen LogP contribution in [0.1, 0.15) is 4.88 Å². The normalized spacial score (nSPS) is 10.8. The summed E-state index contributed by atoms with van der Waals surface area (Å²) in [6.45, 7) is 0.806. The van der Waals surface area contributed by atoms with Gasteiger partial charge in [0.15, 0.2) is 0 Å². The van der Waals surface area contributed by atoms with Crippen LogP contribution in [0.5, 0.6) is 0 Å². The predicted octanol–water partition coefficient (Wildman–Crippen LogP) is 3.63. The smallest absolute Gasteiger partial charge is 0.234 e. The maximum Gasteiger partial charge on any atom is 0.234 e. The number of benzene rings is 1. The van der Waals surface area contributed by atoms with Gasteiger partial charge in [-0.15, -0.1) is 21.5 Å². The fourth-order valence-corrected chi connectivity index (χ4v) is 3.79. The van der Waals surface area contributed by atoms with Crippen LogP contribution in [0.15, 0.2) is 41.8 Å². The minimum absolute atomic E-state index is 0.0543. The lowest BCUT2D eigenvalue weighted by Crippen LogP contribution is -2.34. The van der Waals surface area contributed by atoms with Crippen molar-refractivity contribution in [2.24, 2.45) is 0 Å².